The van der Waals surface area contributed by atoms with Crippen molar-refractivity contribution in [1.82, 2.24) is 15.4 Å². The molecule has 0 radical (unpaired) electrons. The van der Waals surface area contributed by atoms with Crippen molar-refractivity contribution in [3.05, 3.63) is 65.8 Å². The Hall–Kier alpha value is -3.35. The molecular formula is C22H23N3O4. The summed E-state index contributed by atoms with van der Waals surface area (Å²) >= 11 is 0. The summed E-state index contributed by atoms with van der Waals surface area (Å²) in [7, 11) is 0. The molecule has 4 rings (SSSR count). The molecule has 0 spiro atoms. The van der Waals surface area contributed by atoms with Gasteiger partial charge in [-0.1, -0.05) is 35.0 Å². The molecule has 7 heteroatoms. The van der Waals surface area contributed by atoms with Gasteiger partial charge in [0, 0.05) is 24.7 Å². The summed E-state index contributed by atoms with van der Waals surface area (Å²) in [4.78, 5) is 26.7. The largest absolute Gasteiger partial charge is 0.459 e. The first-order valence-electron chi connectivity index (χ1n) is 9.73. The highest BCUT2D eigenvalue weighted by Crippen LogP contribution is 2.21. The molecule has 1 saturated heterocycles. The maximum atomic E-state index is 12.6. The maximum absolute atomic E-state index is 12.6. The molecule has 1 aromatic carbocycles. The molecule has 150 valence electrons. The summed E-state index contributed by atoms with van der Waals surface area (Å²) in [5, 5.41) is 6.98. The molecular weight excluding hydrogens is 370 g/mol. The van der Waals surface area contributed by atoms with Crippen molar-refractivity contribution in [3.63, 3.8) is 0 Å². The molecule has 3 aromatic rings. The number of hydrogen-bond donors (Lipinski definition) is 1. The van der Waals surface area contributed by atoms with Crippen molar-refractivity contribution in [3.8, 4) is 11.3 Å². The average Bonchev–Trinajstić information content (AvgIpc) is 3.44. The predicted octanol–water partition coefficient (Wildman–Crippen LogP) is 3.41. The number of benzene rings is 1. The molecule has 1 atom stereocenters. The lowest BCUT2D eigenvalue weighted by Crippen LogP contribution is -2.45. The van der Waals surface area contributed by atoms with Crippen LogP contribution >= 0.6 is 0 Å². The van der Waals surface area contributed by atoms with Crippen LogP contribution in [0.2, 0.25) is 0 Å². The number of rotatable bonds is 5. The quantitative estimate of drug-likeness (QED) is 0.718. The van der Waals surface area contributed by atoms with E-state index < -0.39 is 0 Å². The van der Waals surface area contributed by atoms with Gasteiger partial charge in [-0.15, -0.1) is 0 Å². The van der Waals surface area contributed by atoms with Gasteiger partial charge < -0.3 is 19.2 Å². The molecule has 1 N–H and O–H groups in total. The van der Waals surface area contributed by atoms with Crippen LogP contribution in [0.3, 0.4) is 0 Å². The summed E-state index contributed by atoms with van der Waals surface area (Å²) in [6.45, 7) is 3.31. The Bertz CT molecular complexity index is 976. The average molecular weight is 393 g/mol. The molecule has 3 heterocycles. The molecule has 0 saturated carbocycles. The number of aromatic nitrogens is 1. The van der Waals surface area contributed by atoms with E-state index in [0.29, 0.717) is 24.6 Å². The van der Waals surface area contributed by atoms with E-state index in [1.807, 2.05) is 37.3 Å². The van der Waals surface area contributed by atoms with Crippen molar-refractivity contribution >= 4 is 11.8 Å². The molecule has 29 heavy (non-hydrogen) atoms. The fourth-order valence-electron chi connectivity index (χ4n) is 3.51. The standard InChI is InChI=1S/C22H23N3O4/c1-15-6-8-16(9-7-15)19-12-18(29-24-19)13-23-21(26)17-4-2-10-25(14-17)22(27)20-5-3-11-28-20/h3,5-9,11-12,17H,2,4,10,13-14H2,1H3,(H,23,26)/t17-/m1/s1. The van der Waals surface area contributed by atoms with Gasteiger partial charge in [0.2, 0.25) is 5.91 Å². The van der Waals surface area contributed by atoms with Gasteiger partial charge in [-0.25, -0.2) is 0 Å². The van der Waals surface area contributed by atoms with Crippen LogP contribution in [0.25, 0.3) is 11.3 Å². The van der Waals surface area contributed by atoms with Gasteiger partial charge in [-0.05, 0) is 31.9 Å². The lowest BCUT2D eigenvalue weighted by atomic mass is 9.97. The molecule has 0 unspecified atom stereocenters. The van der Waals surface area contributed by atoms with E-state index in [4.69, 9.17) is 8.94 Å². The van der Waals surface area contributed by atoms with Gasteiger partial charge in [0.1, 0.15) is 5.69 Å². The summed E-state index contributed by atoms with van der Waals surface area (Å²) in [6, 6.07) is 13.2. The molecule has 1 fully saturated rings. The second kappa shape index (κ2) is 8.34. The topological polar surface area (TPSA) is 88.6 Å². The number of nitrogens with zero attached hydrogens (tertiary/aromatic N) is 2. The Morgan fingerprint density at radius 3 is 2.83 bits per heavy atom. The molecule has 1 aliphatic rings. The number of aryl methyl sites for hydroxylation is 1. The first-order chi connectivity index (χ1) is 14.1. The van der Waals surface area contributed by atoms with Gasteiger partial charge in [-0.2, -0.15) is 0 Å². The maximum Gasteiger partial charge on any atom is 0.289 e. The number of nitrogens with one attached hydrogen (secondary N) is 1. The van der Waals surface area contributed by atoms with Crippen LogP contribution in [0, 0.1) is 12.8 Å². The van der Waals surface area contributed by atoms with E-state index >= 15 is 0 Å². The van der Waals surface area contributed by atoms with Gasteiger partial charge in [0.15, 0.2) is 11.5 Å². The predicted molar refractivity (Wildman–Crippen MR) is 106 cm³/mol. The third-order valence-electron chi connectivity index (χ3n) is 5.15. The van der Waals surface area contributed by atoms with E-state index in [1.165, 1.54) is 11.8 Å². The van der Waals surface area contributed by atoms with Crippen LogP contribution in [0.4, 0.5) is 0 Å². The number of carbonyl (C=O) groups excluding carboxylic acids is 2. The lowest BCUT2D eigenvalue weighted by molar-refractivity contribution is -0.126. The van der Waals surface area contributed by atoms with E-state index in [0.717, 1.165) is 24.1 Å². The van der Waals surface area contributed by atoms with Crippen molar-refractivity contribution in [2.24, 2.45) is 5.92 Å². The normalized spacial score (nSPS) is 16.6. The summed E-state index contributed by atoms with van der Waals surface area (Å²) in [5.41, 5.74) is 2.88. The Kier molecular flexibility index (Phi) is 5.46. The van der Waals surface area contributed by atoms with Crippen LogP contribution in [-0.2, 0) is 11.3 Å². The Labute approximate surface area is 168 Å². The highest BCUT2D eigenvalue weighted by atomic mass is 16.5. The molecule has 1 aliphatic heterocycles. The van der Waals surface area contributed by atoms with Crippen LogP contribution in [-0.4, -0.2) is 35.0 Å². The van der Waals surface area contributed by atoms with Crippen LogP contribution in [0.5, 0.6) is 0 Å². The molecule has 0 bridgehead atoms. The number of amides is 2. The number of piperidine rings is 1. The fourth-order valence-corrected chi connectivity index (χ4v) is 3.51. The number of hydrogen-bond acceptors (Lipinski definition) is 5. The summed E-state index contributed by atoms with van der Waals surface area (Å²) in [6.07, 6.45) is 3.01. The van der Waals surface area contributed by atoms with Gasteiger partial charge in [-0.3, -0.25) is 9.59 Å². The Morgan fingerprint density at radius 2 is 2.07 bits per heavy atom. The summed E-state index contributed by atoms with van der Waals surface area (Å²) in [5.74, 6) is 0.382. The second-order valence-electron chi connectivity index (χ2n) is 7.33. The SMILES string of the molecule is Cc1ccc(-c2cc(CNC(=O)[C@@H]3CCCN(C(=O)c4ccco4)C3)on2)cc1. The second-order valence-corrected chi connectivity index (χ2v) is 7.33. The van der Waals surface area contributed by atoms with Crippen molar-refractivity contribution in [2.45, 2.75) is 26.3 Å². The third kappa shape index (κ3) is 4.39. The minimum absolute atomic E-state index is 0.0877. The molecule has 2 aromatic heterocycles. The van der Waals surface area contributed by atoms with Crippen LogP contribution < -0.4 is 5.32 Å². The van der Waals surface area contributed by atoms with Crippen molar-refractivity contribution in [1.29, 1.82) is 0 Å². The van der Waals surface area contributed by atoms with E-state index in [9.17, 15) is 9.59 Å². The molecule has 7 nitrogen and oxygen atoms in total. The van der Waals surface area contributed by atoms with Crippen molar-refractivity contribution < 1.29 is 18.5 Å². The van der Waals surface area contributed by atoms with Crippen LogP contribution in [0.15, 0.2) is 57.7 Å². The zero-order chi connectivity index (χ0) is 20.2. The van der Waals surface area contributed by atoms with Gasteiger partial charge >= 0.3 is 0 Å². The van der Waals surface area contributed by atoms with Gasteiger partial charge in [0.25, 0.3) is 5.91 Å². The van der Waals surface area contributed by atoms with Crippen molar-refractivity contribution in [2.75, 3.05) is 13.1 Å². The van der Waals surface area contributed by atoms with E-state index in [2.05, 4.69) is 10.5 Å². The Balaban J connectivity index is 1.32. The highest BCUT2D eigenvalue weighted by molar-refractivity contribution is 5.92. The number of furan rings is 1. The smallest absolute Gasteiger partial charge is 0.289 e. The number of carbonyl (C=O) groups is 2. The Morgan fingerprint density at radius 1 is 1.24 bits per heavy atom. The monoisotopic (exact) mass is 393 g/mol. The fraction of sp³-hybridized carbons (Fsp3) is 0.318. The minimum Gasteiger partial charge on any atom is -0.459 e. The summed E-state index contributed by atoms with van der Waals surface area (Å²) < 4.78 is 10.5. The first kappa shape index (κ1) is 19.0. The molecule has 2 amide bonds. The number of likely N-dealkylation sites (tertiary alicyclic amines) is 1. The third-order valence-corrected chi connectivity index (χ3v) is 5.15. The van der Waals surface area contributed by atoms with E-state index in [-0.39, 0.29) is 24.3 Å². The zero-order valence-electron chi connectivity index (χ0n) is 16.3. The van der Waals surface area contributed by atoms with Gasteiger partial charge in [0.05, 0.1) is 18.7 Å². The van der Waals surface area contributed by atoms with E-state index in [1.54, 1.807) is 17.0 Å². The van der Waals surface area contributed by atoms with Crippen LogP contribution in [0.1, 0.15) is 34.7 Å². The zero-order valence-corrected chi connectivity index (χ0v) is 16.3. The minimum atomic E-state index is -0.248. The first-order valence-corrected chi connectivity index (χ1v) is 9.73. The lowest BCUT2D eigenvalue weighted by Gasteiger charge is -2.31. The molecule has 0 aliphatic carbocycles. The highest BCUT2D eigenvalue weighted by Gasteiger charge is 2.29.